The lowest BCUT2D eigenvalue weighted by Gasteiger charge is -2.31. The quantitative estimate of drug-likeness (QED) is 0.624. The van der Waals surface area contributed by atoms with Crippen LogP contribution in [0.25, 0.3) is 0 Å². The number of amides is 1. The summed E-state index contributed by atoms with van der Waals surface area (Å²) in [6.07, 6.45) is 0.802. The number of nitrogens with zero attached hydrogens (tertiary/aromatic N) is 2. The van der Waals surface area contributed by atoms with E-state index in [9.17, 15) is 13.2 Å². The van der Waals surface area contributed by atoms with Crippen molar-refractivity contribution in [3.8, 4) is 5.75 Å². The zero-order valence-corrected chi connectivity index (χ0v) is 18.5. The number of carbonyl (C=O) groups excluding carboxylic acids is 1. The molecular formula is C21H26ClN3O4S. The number of hydrogen-bond donors (Lipinski definition) is 1. The molecular weight excluding hydrogens is 426 g/mol. The van der Waals surface area contributed by atoms with Crippen LogP contribution in [0.3, 0.4) is 0 Å². The monoisotopic (exact) mass is 451 g/mol. The normalized spacial score (nSPS) is 15.7. The standard InChI is InChI=1S/C21H26ClN3O4S/c1-24-11-13-25(14-12-24)30(27,28)20-5-2-4-18(16-20)23-21(26)6-3-15-29-19-9-7-17(22)8-10-19/h2,4-5,7-10,16H,3,6,11-15H2,1H3,(H,23,26). The van der Waals surface area contributed by atoms with E-state index in [1.807, 2.05) is 7.05 Å². The van der Waals surface area contributed by atoms with Gasteiger partial charge in [-0.2, -0.15) is 4.31 Å². The second kappa shape index (κ2) is 10.3. The number of rotatable bonds is 8. The van der Waals surface area contributed by atoms with Gasteiger partial charge in [-0.25, -0.2) is 8.42 Å². The highest BCUT2D eigenvalue weighted by Gasteiger charge is 2.27. The number of sulfonamides is 1. The molecule has 2 aromatic carbocycles. The smallest absolute Gasteiger partial charge is 0.243 e. The summed E-state index contributed by atoms with van der Waals surface area (Å²) in [5, 5.41) is 3.40. The zero-order valence-electron chi connectivity index (χ0n) is 16.9. The van der Waals surface area contributed by atoms with Crippen LogP contribution >= 0.6 is 11.6 Å². The van der Waals surface area contributed by atoms with Gasteiger partial charge in [0.2, 0.25) is 15.9 Å². The minimum atomic E-state index is -3.57. The fourth-order valence-electron chi connectivity index (χ4n) is 3.09. The number of ether oxygens (including phenoxy) is 1. The van der Waals surface area contributed by atoms with Gasteiger partial charge >= 0.3 is 0 Å². The van der Waals surface area contributed by atoms with Crippen molar-refractivity contribution in [3.63, 3.8) is 0 Å². The number of anilines is 1. The van der Waals surface area contributed by atoms with Crippen molar-refractivity contribution in [1.82, 2.24) is 9.21 Å². The first kappa shape index (κ1) is 22.6. The highest BCUT2D eigenvalue weighted by Crippen LogP contribution is 2.21. The van der Waals surface area contributed by atoms with Crippen molar-refractivity contribution in [2.75, 3.05) is 45.2 Å². The minimum Gasteiger partial charge on any atom is -0.494 e. The van der Waals surface area contributed by atoms with E-state index in [1.54, 1.807) is 42.5 Å². The van der Waals surface area contributed by atoms with Crippen LogP contribution in [-0.4, -0.2) is 63.4 Å². The van der Waals surface area contributed by atoms with E-state index in [0.717, 1.165) is 0 Å². The molecule has 3 rings (SSSR count). The predicted octanol–water partition coefficient (Wildman–Crippen LogP) is 3.07. The Labute approximate surface area is 182 Å². The third kappa shape index (κ3) is 6.18. The van der Waals surface area contributed by atoms with E-state index < -0.39 is 10.0 Å². The molecule has 162 valence electrons. The summed E-state index contributed by atoms with van der Waals surface area (Å²) in [5.74, 6) is 0.505. The largest absolute Gasteiger partial charge is 0.494 e. The molecule has 0 atom stereocenters. The van der Waals surface area contributed by atoms with Gasteiger partial charge in [0.1, 0.15) is 5.75 Å². The lowest BCUT2D eigenvalue weighted by atomic mass is 10.2. The fourth-order valence-corrected chi connectivity index (χ4v) is 4.68. The minimum absolute atomic E-state index is 0.191. The average Bonchev–Trinajstić information content (AvgIpc) is 2.73. The van der Waals surface area contributed by atoms with Crippen molar-refractivity contribution in [1.29, 1.82) is 0 Å². The van der Waals surface area contributed by atoms with Gasteiger partial charge in [-0.1, -0.05) is 17.7 Å². The van der Waals surface area contributed by atoms with Gasteiger partial charge in [-0.15, -0.1) is 0 Å². The number of halogens is 1. The molecule has 1 aliphatic heterocycles. The van der Waals surface area contributed by atoms with Gasteiger partial charge < -0.3 is 15.0 Å². The number of carbonyl (C=O) groups is 1. The first-order chi connectivity index (χ1) is 14.3. The van der Waals surface area contributed by atoms with Crippen LogP contribution in [0.1, 0.15) is 12.8 Å². The second-order valence-corrected chi connectivity index (χ2v) is 9.56. The summed E-state index contributed by atoms with van der Waals surface area (Å²) in [6, 6.07) is 13.4. The van der Waals surface area contributed by atoms with Crippen LogP contribution in [0.4, 0.5) is 5.69 Å². The zero-order chi connectivity index (χ0) is 21.6. The molecule has 1 N–H and O–H groups in total. The van der Waals surface area contributed by atoms with E-state index in [2.05, 4.69) is 10.2 Å². The van der Waals surface area contributed by atoms with Crippen LogP contribution in [0.5, 0.6) is 5.75 Å². The van der Waals surface area contributed by atoms with Gasteiger partial charge in [-0.05, 0) is 55.9 Å². The van der Waals surface area contributed by atoms with E-state index in [0.29, 0.717) is 55.7 Å². The highest BCUT2D eigenvalue weighted by atomic mass is 35.5. The van der Waals surface area contributed by atoms with Gasteiger partial charge in [0.15, 0.2) is 0 Å². The predicted molar refractivity (Wildman–Crippen MR) is 118 cm³/mol. The fraction of sp³-hybridized carbons (Fsp3) is 0.381. The Morgan fingerprint density at radius 2 is 1.80 bits per heavy atom. The maximum absolute atomic E-state index is 12.9. The van der Waals surface area contributed by atoms with Gasteiger partial charge in [-0.3, -0.25) is 4.79 Å². The summed E-state index contributed by atoms with van der Waals surface area (Å²) in [6.45, 7) is 2.72. The number of hydrogen-bond acceptors (Lipinski definition) is 5. The molecule has 0 saturated carbocycles. The highest BCUT2D eigenvalue weighted by molar-refractivity contribution is 7.89. The SMILES string of the molecule is CN1CCN(S(=O)(=O)c2cccc(NC(=O)CCCOc3ccc(Cl)cc3)c2)CC1. The molecule has 9 heteroatoms. The van der Waals surface area contributed by atoms with Gasteiger partial charge in [0.25, 0.3) is 0 Å². The Kier molecular flexibility index (Phi) is 7.71. The Morgan fingerprint density at radius 1 is 1.10 bits per heavy atom. The van der Waals surface area contributed by atoms with E-state index >= 15 is 0 Å². The first-order valence-corrected chi connectivity index (χ1v) is 11.6. The summed E-state index contributed by atoms with van der Waals surface area (Å²) in [4.78, 5) is 14.5. The van der Waals surface area contributed by atoms with Gasteiger partial charge in [0, 0.05) is 43.3 Å². The summed E-state index contributed by atoms with van der Waals surface area (Å²) < 4.78 is 32.8. The molecule has 0 bridgehead atoms. The maximum atomic E-state index is 12.9. The Morgan fingerprint density at radius 3 is 2.50 bits per heavy atom. The molecule has 0 radical (unpaired) electrons. The summed E-state index contributed by atoms with van der Waals surface area (Å²) in [7, 11) is -1.60. The molecule has 1 amide bonds. The summed E-state index contributed by atoms with van der Waals surface area (Å²) >= 11 is 5.83. The second-order valence-electron chi connectivity index (χ2n) is 7.19. The molecule has 0 aromatic heterocycles. The van der Waals surface area contributed by atoms with Gasteiger partial charge in [0.05, 0.1) is 11.5 Å². The average molecular weight is 452 g/mol. The number of piperazine rings is 1. The molecule has 1 fully saturated rings. The van der Waals surface area contributed by atoms with E-state index in [1.165, 1.54) is 10.4 Å². The number of nitrogens with one attached hydrogen (secondary N) is 1. The maximum Gasteiger partial charge on any atom is 0.243 e. The molecule has 0 spiro atoms. The van der Waals surface area contributed by atoms with Crippen molar-refractivity contribution in [2.24, 2.45) is 0 Å². The Balaban J connectivity index is 1.50. The lowest BCUT2D eigenvalue weighted by molar-refractivity contribution is -0.116. The van der Waals surface area contributed by atoms with Crippen LogP contribution in [0.2, 0.25) is 5.02 Å². The van der Waals surface area contributed by atoms with Crippen LogP contribution < -0.4 is 10.1 Å². The van der Waals surface area contributed by atoms with Crippen molar-refractivity contribution < 1.29 is 17.9 Å². The van der Waals surface area contributed by atoms with Crippen molar-refractivity contribution >= 4 is 33.2 Å². The van der Waals surface area contributed by atoms with E-state index in [-0.39, 0.29) is 17.2 Å². The Bertz CT molecular complexity index is 958. The third-order valence-corrected chi connectivity index (χ3v) is 6.99. The summed E-state index contributed by atoms with van der Waals surface area (Å²) in [5.41, 5.74) is 0.467. The van der Waals surface area contributed by atoms with E-state index in [4.69, 9.17) is 16.3 Å². The van der Waals surface area contributed by atoms with Crippen molar-refractivity contribution in [2.45, 2.75) is 17.7 Å². The Hall–Kier alpha value is -2.13. The molecule has 7 nitrogen and oxygen atoms in total. The topological polar surface area (TPSA) is 79.0 Å². The van der Waals surface area contributed by atoms with Crippen LogP contribution in [0.15, 0.2) is 53.4 Å². The van der Waals surface area contributed by atoms with Crippen LogP contribution in [0, 0.1) is 0 Å². The number of benzene rings is 2. The molecule has 0 aliphatic carbocycles. The molecule has 30 heavy (non-hydrogen) atoms. The molecule has 0 unspecified atom stereocenters. The molecule has 1 aliphatic rings. The van der Waals surface area contributed by atoms with Crippen LogP contribution in [-0.2, 0) is 14.8 Å². The van der Waals surface area contributed by atoms with Crippen molar-refractivity contribution in [3.05, 3.63) is 53.6 Å². The first-order valence-electron chi connectivity index (χ1n) is 9.81. The third-order valence-electron chi connectivity index (χ3n) is 4.85. The molecule has 2 aromatic rings. The number of likely N-dealkylation sites (N-methyl/N-ethyl adjacent to an activating group) is 1. The lowest BCUT2D eigenvalue weighted by Crippen LogP contribution is -2.47. The molecule has 1 heterocycles. The molecule has 1 saturated heterocycles.